The van der Waals surface area contributed by atoms with Crippen LogP contribution in [0.2, 0.25) is 10.0 Å². The van der Waals surface area contributed by atoms with Gasteiger partial charge in [-0.15, -0.1) is 0 Å². The van der Waals surface area contributed by atoms with Crippen LogP contribution < -0.4 is 15.5 Å². The van der Waals surface area contributed by atoms with Gasteiger partial charge in [0, 0.05) is 29.1 Å². The monoisotopic (exact) mass is 724 g/mol. The van der Waals surface area contributed by atoms with Gasteiger partial charge in [0.1, 0.15) is 11.5 Å². The SMILES string of the molecule is O=C1NC(=O)[C@H]2CC=C3[C@H](C4=COc5ccc(O)cc5C4)[C@]4(c5ccc(Cl)cc5)C(=O)N(Nc5ncc(C(F)(F)F)cc5Cl)C(=O)[C@@H]4C[C@H]3[C@@H]12. The fraction of sp³-hybridized carbons (Fsp3) is 0.286. The number of amides is 4. The highest BCUT2D eigenvalue weighted by molar-refractivity contribution is 6.33. The maximum atomic E-state index is 15.2. The van der Waals surface area contributed by atoms with Crippen molar-refractivity contribution in [2.24, 2.45) is 29.6 Å². The van der Waals surface area contributed by atoms with Crippen molar-refractivity contribution in [3.05, 3.63) is 105 Å². The number of carbonyl (C=O) groups excluding carboxylic acids is 4. The molecule has 0 bridgehead atoms. The largest absolute Gasteiger partial charge is 0.508 e. The minimum absolute atomic E-state index is 0.00470. The molecule has 1 saturated carbocycles. The average Bonchev–Trinajstić information content (AvgIpc) is 3.48. The van der Waals surface area contributed by atoms with Crippen LogP contribution in [-0.4, -0.2) is 38.7 Å². The van der Waals surface area contributed by atoms with E-state index in [0.717, 1.165) is 5.01 Å². The highest BCUT2D eigenvalue weighted by atomic mass is 35.5. The molecular formula is C35H25Cl2F3N4O6. The maximum absolute atomic E-state index is 15.2. The summed E-state index contributed by atoms with van der Waals surface area (Å²) >= 11 is 12.5. The Morgan fingerprint density at radius 1 is 1.02 bits per heavy atom. The van der Waals surface area contributed by atoms with Crippen LogP contribution in [-0.2, 0) is 37.2 Å². The third-order valence-electron chi connectivity index (χ3n) is 10.5. The fourth-order valence-corrected chi connectivity index (χ4v) is 8.84. The van der Waals surface area contributed by atoms with Gasteiger partial charge in [0.15, 0.2) is 5.82 Å². The summed E-state index contributed by atoms with van der Waals surface area (Å²) in [6.07, 6.45) is -0.422. The van der Waals surface area contributed by atoms with E-state index in [1.54, 1.807) is 30.3 Å². The molecule has 0 radical (unpaired) electrons. The first-order valence-electron chi connectivity index (χ1n) is 15.6. The van der Waals surface area contributed by atoms with E-state index in [-0.39, 0.29) is 30.8 Å². The van der Waals surface area contributed by atoms with Gasteiger partial charge in [-0.25, -0.2) is 4.98 Å². The molecule has 0 unspecified atom stereocenters. The standard InChI is InChI=1S/C35H25Cl2F3N4O6/c36-19-3-1-17(2-4-19)34-24(32(48)44(33(34)49)43-29-25(37)11-18(13-41-29)35(38,39)40)12-23-21(6-7-22-27(23)31(47)42-30(22)46)28(34)16-9-15-10-20(45)5-8-26(15)50-14-16/h1-6,8,10-11,13-14,22-24,27-28,45H,7,9,12H2,(H,41,43)(H,42,46,47)/t22-,23+,24-,27-,28-,34+/m0/s1. The predicted octanol–water partition coefficient (Wildman–Crippen LogP) is 5.74. The Morgan fingerprint density at radius 2 is 1.78 bits per heavy atom. The number of nitrogens with zero attached hydrogens (tertiary/aromatic N) is 2. The van der Waals surface area contributed by atoms with Crippen LogP contribution in [0.4, 0.5) is 19.0 Å². The van der Waals surface area contributed by atoms with Gasteiger partial charge >= 0.3 is 6.18 Å². The van der Waals surface area contributed by atoms with Crippen molar-refractivity contribution in [2.45, 2.75) is 30.9 Å². The number of nitrogens with one attached hydrogen (secondary N) is 2. The lowest BCUT2D eigenvalue weighted by atomic mass is 9.48. The Kier molecular flexibility index (Phi) is 7.32. The fourth-order valence-electron chi connectivity index (χ4n) is 8.51. The normalized spacial score (nSPS) is 28.5. The Bertz CT molecular complexity index is 2090. The van der Waals surface area contributed by atoms with Crippen molar-refractivity contribution in [2.75, 3.05) is 5.43 Å². The minimum atomic E-state index is -4.74. The van der Waals surface area contributed by atoms with Crippen LogP contribution in [0.15, 0.2) is 78.2 Å². The number of aromatic hydroxyl groups is 1. The Hall–Kier alpha value is -4.88. The summed E-state index contributed by atoms with van der Waals surface area (Å²) < 4.78 is 46.2. The van der Waals surface area contributed by atoms with Crippen LogP contribution in [0, 0.1) is 29.6 Å². The van der Waals surface area contributed by atoms with Crippen molar-refractivity contribution in [1.82, 2.24) is 15.3 Å². The highest BCUT2D eigenvalue weighted by Crippen LogP contribution is 2.63. The van der Waals surface area contributed by atoms with Gasteiger partial charge in [0.25, 0.3) is 11.8 Å². The topological polar surface area (TPSA) is 138 Å². The zero-order valence-corrected chi connectivity index (χ0v) is 27.1. The third-order valence-corrected chi connectivity index (χ3v) is 11.1. The summed E-state index contributed by atoms with van der Waals surface area (Å²) in [5.74, 6) is -6.38. The molecule has 0 spiro atoms. The van der Waals surface area contributed by atoms with E-state index in [4.69, 9.17) is 27.9 Å². The number of hydrogen-bond donors (Lipinski definition) is 3. The van der Waals surface area contributed by atoms with Gasteiger partial charge in [-0.2, -0.15) is 18.2 Å². The van der Waals surface area contributed by atoms with Crippen LogP contribution in [0.3, 0.4) is 0 Å². The molecule has 2 saturated heterocycles. The quantitative estimate of drug-likeness (QED) is 0.229. The molecule has 15 heteroatoms. The zero-order chi connectivity index (χ0) is 35.3. The molecule has 256 valence electrons. The second-order valence-electron chi connectivity index (χ2n) is 13.1. The highest BCUT2D eigenvalue weighted by Gasteiger charge is 2.70. The van der Waals surface area contributed by atoms with Crippen LogP contribution in [0.25, 0.3) is 0 Å². The number of allylic oxidation sites excluding steroid dienone is 3. The van der Waals surface area contributed by atoms with Gasteiger partial charge in [0.2, 0.25) is 11.8 Å². The van der Waals surface area contributed by atoms with Crippen molar-refractivity contribution in [1.29, 1.82) is 0 Å². The lowest BCUT2D eigenvalue weighted by Crippen LogP contribution is -2.55. The molecule has 4 heterocycles. The molecule has 8 rings (SSSR count). The first-order valence-corrected chi connectivity index (χ1v) is 16.4. The van der Waals surface area contributed by atoms with Gasteiger partial charge in [-0.3, -0.25) is 29.9 Å². The zero-order valence-electron chi connectivity index (χ0n) is 25.6. The van der Waals surface area contributed by atoms with Gasteiger partial charge in [-0.1, -0.05) is 47.0 Å². The molecule has 2 aliphatic carbocycles. The minimum Gasteiger partial charge on any atom is -0.508 e. The molecular weight excluding hydrogens is 700 g/mol. The van der Waals surface area contributed by atoms with E-state index in [1.807, 2.05) is 6.08 Å². The molecule has 3 aromatic rings. The summed E-state index contributed by atoms with van der Waals surface area (Å²) in [7, 11) is 0. The van der Waals surface area contributed by atoms with E-state index in [2.05, 4.69) is 15.7 Å². The van der Waals surface area contributed by atoms with Crippen molar-refractivity contribution in [3.8, 4) is 11.5 Å². The van der Waals surface area contributed by atoms with E-state index in [9.17, 15) is 32.7 Å². The summed E-state index contributed by atoms with van der Waals surface area (Å²) in [5, 5.41) is 13.3. The number of benzene rings is 2. The van der Waals surface area contributed by atoms with Crippen molar-refractivity contribution >= 4 is 52.6 Å². The summed E-state index contributed by atoms with van der Waals surface area (Å²) in [6.45, 7) is 0. The molecule has 10 nitrogen and oxygen atoms in total. The number of ether oxygens (including phenoxy) is 1. The molecule has 4 amide bonds. The number of pyridine rings is 1. The number of anilines is 1. The van der Waals surface area contributed by atoms with E-state index < -0.39 is 75.4 Å². The number of alkyl halides is 3. The molecule has 50 heavy (non-hydrogen) atoms. The number of fused-ring (bicyclic) bond motifs is 5. The van der Waals surface area contributed by atoms with Crippen LogP contribution in [0.5, 0.6) is 11.5 Å². The van der Waals surface area contributed by atoms with E-state index in [1.165, 1.54) is 18.4 Å². The molecule has 3 aliphatic heterocycles. The van der Waals surface area contributed by atoms with Crippen LogP contribution in [0.1, 0.15) is 29.5 Å². The number of rotatable bonds is 4. The second-order valence-corrected chi connectivity index (χ2v) is 13.9. The van der Waals surface area contributed by atoms with Crippen molar-refractivity contribution < 1.29 is 42.2 Å². The van der Waals surface area contributed by atoms with E-state index in [0.29, 0.717) is 45.3 Å². The lowest BCUT2D eigenvalue weighted by molar-refractivity contribution is -0.139. The predicted molar refractivity (Wildman–Crippen MR) is 171 cm³/mol. The molecule has 1 aromatic heterocycles. The van der Waals surface area contributed by atoms with Gasteiger partial charge in [-0.05, 0) is 66.3 Å². The number of halogens is 5. The number of hydrogen-bond acceptors (Lipinski definition) is 8. The van der Waals surface area contributed by atoms with Crippen LogP contribution >= 0.6 is 23.2 Å². The number of imide groups is 2. The summed E-state index contributed by atoms with van der Waals surface area (Å²) in [5.41, 5.74) is 2.06. The first kappa shape index (κ1) is 32.3. The summed E-state index contributed by atoms with van der Waals surface area (Å²) in [4.78, 5) is 59.7. The number of phenols is 1. The Morgan fingerprint density at radius 3 is 2.50 bits per heavy atom. The maximum Gasteiger partial charge on any atom is 0.417 e. The smallest absolute Gasteiger partial charge is 0.417 e. The first-order chi connectivity index (χ1) is 23.8. The Balaban J connectivity index is 1.32. The van der Waals surface area contributed by atoms with E-state index >= 15 is 4.79 Å². The molecule has 2 aromatic carbocycles. The number of hydrazine groups is 1. The Labute approximate surface area is 291 Å². The lowest BCUT2D eigenvalue weighted by Gasteiger charge is -2.51. The van der Waals surface area contributed by atoms with Gasteiger partial charge < -0.3 is 9.84 Å². The molecule has 3 N–H and O–H groups in total. The second kappa shape index (κ2) is 11.3. The average molecular weight is 726 g/mol. The third kappa shape index (κ3) is 4.73. The number of carbonyl (C=O) groups is 4. The number of phenolic OH excluding ortho intramolecular Hbond substituents is 1. The van der Waals surface area contributed by atoms with Crippen molar-refractivity contribution in [3.63, 3.8) is 0 Å². The van der Waals surface area contributed by atoms with Gasteiger partial charge in [0.05, 0.1) is 40.0 Å². The summed E-state index contributed by atoms with van der Waals surface area (Å²) in [6, 6.07) is 11.7. The molecule has 6 atom stereocenters. The molecule has 3 fully saturated rings. The number of aromatic nitrogens is 1. The molecule has 5 aliphatic rings.